The van der Waals surface area contributed by atoms with Crippen LogP contribution in [0.2, 0.25) is 0 Å². The number of carbonyl (C=O) groups is 2. The molecule has 0 unspecified atom stereocenters. The van der Waals surface area contributed by atoms with Crippen molar-refractivity contribution in [3.63, 3.8) is 0 Å². The predicted octanol–water partition coefficient (Wildman–Crippen LogP) is 2.21. The highest BCUT2D eigenvalue weighted by Crippen LogP contribution is 2.22. The number of rotatable bonds is 4. The lowest BCUT2D eigenvalue weighted by molar-refractivity contribution is -0.138. The minimum Gasteiger partial charge on any atom is -0.481 e. The zero-order chi connectivity index (χ0) is 18.0. The molecule has 7 heteroatoms. The van der Waals surface area contributed by atoms with Crippen molar-refractivity contribution in [1.29, 1.82) is 0 Å². The second kappa shape index (κ2) is 7.04. The first-order chi connectivity index (χ1) is 11.9. The summed E-state index contributed by atoms with van der Waals surface area (Å²) in [7, 11) is 0. The number of aromatic nitrogens is 3. The van der Waals surface area contributed by atoms with Gasteiger partial charge in [0.2, 0.25) is 0 Å². The van der Waals surface area contributed by atoms with E-state index in [0.29, 0.717) is 24.5 Å². The Morgan fingerprint density at radius 2 is 1.96 bits per heavy atom. The fourth-order valence-electron chi connectivity index (χ4n) is 3.27. The number of aryl methyl sites for hydroxylation is 2. The molecule has 0 spiro atoms. The van der Waals surface area contributed by atoms with Crippen LogP contribution in [0.1, 0.15) is 41.0 Å². The van der Waals surface area contributed by atoms with E-state index < -0.39 is 5.97 Å². The van der Waals surface area contributed by atoms with Gasteiger partial charge in [-0.1, -0.05) is 0 Å². The van der Waals surface area contributed by atoms with Gasteiger partial charge in [0.05, 0.1) is 11.3 Å². The van der Waals surface area contributed by atoms with Crippen molar-refractivity contribution in [1.82, 2.24) is 19.7 Å². The molecule has 1 aliphatic rings. The van der Waals surface area contributed by atoms with Crippen molar-refractivity contribution in [3.05, 3.63) is 41.3 Å². The highest BCUT2D eigenvalue weighted by Gasteiger charge is 2.25. The average molecular weight is 342 g/mol. The number of aliphatic carboxylic acids is 1. The number of carboxylic acid groups (broad SMARTS) is 1. The lowest BCUT2D eigenvalue weighted by Crippen LogP contribution is -2.39. The molecule has 2 aromatic rings. The van der Waals surface area contributed by atoms with Crippen LogP contribution in [0.15, 0.2) is 24.4 Å². The number of carbonyl (C=O) groups excluding carboxylic acids is 1. The zero-order valence-corrected chi connectivity index (χ0v) is 14.5. The molecule has 0 radical (unpaired) electrons. The Morgan fingerprint density at radius 1 is 1.24 bits per heavy atom. The minimum atomic E-state index is -0.770. The van der Waals surface area contributed by atoms with Crippen LogP contribution in [-0.2, 0) is 4.79 Å². The quantitative estimate of drug-likeness (QED) is 0.920. The normalized spacial score (nSPS) is 15.4. The summed E-state index contributed by atoms with van der Waals surface area (Å²) in [5.74, 6) is 0.0188. The van der Waals surface area contributed by atoms with Crippen LogP contribution >= 0.6 is 0 Å². The SMILES string of the molecule is Cc1cc(C)n(-c2ccc(C(=O)N3CCC(CC(=O)O)CC3)cn2)n1. The number of nitrogens with zero attached hydrogens (tertiary/aromatic N) is 4. The first kappa shape index (κ1) is 17.1. The van der Waals surface area contributed by atoms with Gasteiger partial charge in [-0.2, -0.15) is 5.10 Å². The van der Waals surface area contributed by atoms with Gasteiger partial charge in [-0.25, -0.2) is 9.67 Å². The van der Waals surface area contributed by atoms with Gasteiger partial charge in [0.25, 0.3) is 5.91 Å². The topological polar surface area (TPSA) is 88.3 Å². The number of hydrogen-bond donors (Lipinski definition) is 1. The third-order valence-electron chi connectivity index (χ3n) is 4.59. The molecule has 2 aromatic heterocycles. The molecule has 0 atom stereocenters. The third-order valence-corrected chi connectivity index (χ3v) is 4.59. The van der Waals surface area contributed by atoms with Crippen LogP contribution in [0.25, 0.3) is 5.82 Å². The summed E-state index contributed by atoms with van der Waals surface area (Å²) in [6.45, 7) is 5.07. The monoisotopic (exact) mass is 342 g/mol. The number of amides is 1. The Morgan fingerprint density at radius 3 is 2.48 bits per heavy atom. The van der Waals surface area contributed by atoms with Gasteiger partial charge in [-0.15, -0.1) is 0 Å². The molecule has 1 aliphatic heterocycles. The molecule has 1 amide bonds. The Bertz CT molecular complexity index is 774. The molecule has 25 heavy (non-hydrogen) atoms. The lowest BCUT2D eigenvalue weighted by Gasteiger charge is -2.31. The standard InChI is InChI=1S/C18H22N4O3/c1-12-9-13(2)22(20-12)16-4-3-15(11-19-16)18(25)21-7-5-14(6-8-21)10-17(23)24/h3-4,9,11,14H,5-8,10H2,1-2H3,(H,23,24). The summed E-state index contributed by atoms with van der Waals surface area (Å²) in [6, 6.07) is 5.54. The van der Waals surface area contributed by atoms with E-state index in [0.717, 1.165) is 24.2 Å². The van der Waals surface area contributed by atoms with Gasteiger partial charge < -0.3 is 10.0 Å². The minimum absolute atomic E-state index is 0.0545. The fraction of sp³-hybridized carbons (Fsp3) is 0.444. The maximum atomic E-state index is 12.6. The summed E-state index contributed by atoms with van der Waals surface area (Å²) in [5.41, 5.74) is 2.45. The van der Waals surface area contributed by atoms with E-state index in [1.165, 1.54) is 0 Å². The number of pyridine rings is 1. The Hall–Kier alpha value is -2.70. The second-order valence-corrected chi connectivity index (χ2v) is 6.58. The molecule has 0 aliphatic carbocycles. The van der Waals surface area contributed by atoms with E-state index in [9.17, 15) is 9.59 Å². The smallest absolute Gasteiger partial charge is 0.303 e. The molecule has 132 valence electrons. The van der Waals surface area contributed by atoms with Gasteiger partial charge in [0.15, 0.2) is 5.82 Å². The van der Waals surface area contributed by atoms with E-state index in [-0.39, 0.29) is 18.2 Å². The third kappa shape index (κ3) is 3.87. The molecular weight excluding hydrogens is 320 g/mol. The highest BCUT2D eigenvalue weighted by molar-refractivity contribution is 5.94. The van der Waals surface area contributed by atoms with Crippen molar-refractivity contribution in [2.24, 2.45) is 5.92 Å². The zero-order valence-electron chi connectivity index (χ0n) is 14.5. The molecule has 3 rings (SSSR count). The van der Waals surface area contributed by atoms with E-state index in [1.807, 2.05) is 19.9 Å². The Labute approximate surface area is 146 Å². The van der Waals surface area contributed by atoms with Gasteiger partial charge >= 0.3 is 5.97 Å². The molecule has 1 saturated heterocycles. The molecule has 1 N–H and O–H groups in total. The van der Waals surface area contributed by atoms with Crippen molar-refractivity contribution in [3.8, 4) is 5.82 Å². The highest BCUT2D eigenvalue weighted by atomic mass is 16.4. The van der Waals surface area contributed by atoms with Crippen LogP contribution in [0, 0.1) is 19.8 Å². The summed E-state index contributed by atoms with van der Waals surface area (Å²) in [4.78, 5) is 29.5. The fourth-order valence-corrected chi connectivity index (χ4v) is 3.27. The number of likely N-dealkylation sites (tertiary alicyclic amines) is 1. The predicted molar refractivity (Wildman–Crippen MR) is 91.7 cm³/mol. The second-order valence-electron chi connectivity index (χ2n) is 6.58. The molecule has 3 heterocycles. The number of hydrogen-bond acceptors (Lipinski definition) is 4. The van der Waals surface area contributed by atoms with E-state index in [1.54, 1.807) is 27.9 Å². The molecule has 0 bridgehead atoms. The van der Waals surface area contributed by atoms with Crippen LogP contribution in [0.3, 0.4) is 0 Å². The van der Waals surface area contributed by atoms with E-state index in [4.69, 9.17) is 5.11 Å². The Kier molecular flexibility index (Phi) is 4.83. The Balaban J connectivity index is 1.65. The number of carboxylic acids is 1. The molecule has 1 fully saturated rings. The molecule has 0 aromatic carbocycles. The summed E-state index contributed by atoms with van der Waals surface area (Å²) >= 11 is 0. The first-order valence-electron chi connectivity index (χ1n) is 8.45. The maximum absolute atomic E-state index is 12.6. The maximum Gasteiger partial charge on any atom is 0.303 e. The van der Waals surface area contributed by atoms with Gasteiger partial charge in [0.1, 0.15) is 0 Å². The number of piperidine rings is 1. The average Bonchev–Trinajstić information content (AvgIpc) is 2.93. The first-order valence-corrected chi connectivity index (χ1v) is 8.45. The lowest BCUT2D eigenvalue weighted by atomic mass is 9.93. The van der Waals surface area contributed by atoms with E-state index in [2.05, 4.69) is 10.1 Å². The largest absolute Gasteiger partial charge is 0.481 e. The van der Waals surface area contributed by atoms with E-state index >= 15 is 0 Å². The van der Waals surface area contributed by atoms with Crippen LogP contribution in [0.4, 0.5) is 0 Å². The van der Waals surface area contributed by atoms with Crippen molar-refractivity contribution in [2.75, 3.05) is 13.1 Å². The molecule has 7 nitrogen and oxygen atoms in total. The summed E-state index contributed by atoms with van der Waals surface area (Å²) < 4.78 is 1.75. The van der Waals surface area contributed by atoms with Crippen molar-refractivity contribution < 1.29 is 14.7 Å². The van der Waals surface area contributed by atoms with Crippen LogP contribution in [-0.4, -0.2) is 49.7 Å². The van der Waals surface area contributed by atoms with Crippen molar-refractivity contribution >= 4 is 11.9 Å². The summed E-state index contributed by atoms with van der Waals surface area (Å²) in [5, 5.41) is 13.3. The molecular formula is C18H22N4O3. The van der Waals surface area contributed by atoms with Gasteiger partial charge in [0, 0.05) is 31.4 Å². The van der Waals surface area contributed by atoms with Gasteiger partial charge in [-0.3, -0.25) is 9.59 Å². The molecule has 0 saturated carbocycles. The van der Waals surface area contributed by atoms with Crippen molar-refractivity contribution in [2.45, 2.75) is 33.1 Å². The van der Waals surface area contributed by atoms with Gasteiger partial charge in [-0.05, 0) is 50.8 Å². The van der Waals surface area contributed by atoms with Crippen LogP contribution < -0.4 is 0 Å². The van der Waals surface area contributed by atoms with Crippen LogP contribution in [0.5, 0.6) is 0 Å². The summed E-state index contributed by atoms with van der Waals surface area (Å²) in [6.07, 6.45) is 3.23.